The third-order valence-electron chi connectivity index (χ3n) is 2.99. The van der Waals surface area contributed by atoms with Crippen LogP contribution in [0.1, 0.15) is 10.4 Å². The summed E-state index contributed by atoms with van der Waals surface area (Å²) in [7, 11) is 0. The van der Waals surface area contributed by atoms with Gasteiger partial charge in [-0.15, -0.1) is 11.3 Å². The maximum absolute atomic E-state index is 13.4. The Bertz CT molecular complexity index is 816. The zero-order chi connectivity index (χ0) is 18.2. The Morgan fingerprint density at radius 2 is 2.00 bits per heavy atom. The van der Waals surface area contributed by atoms with Crippen LogP contribution >= 0.6 is 11.3 Å². The number of esters is 1. The summed E-state index contributed by atoms with van der Waals surface area (Å²) in [5, 5.41) is 6.01. The highest BCUT2D eigenvalue weighted by atomic mass is 32.1. The lowest BCUT2D eigenvalue weighted by molar-refractivity contribution is -0.143. The van der Waals surface area contributed by atoms with Crippen LogP contribution in [0.15, 0.2) is 41.8 Å². The second kappa shape index (κ2) is 8.74. The molecule has 130 valence electrons. The van der Waals surface area contributed by atoms with Crippen LogP contribution in [0.25, 0.3) is 6.08 Å². The number of aryl methyl sites for hydroxylation is 1. The van der Waals surface area contributed by atoms with Crippen molar-refractivity contribution in [1.82, 2.24) is 5.32 Å². The maximum Gasteiger partial charge on any atom is 0.331 e. The summed E-state index contributed by atoms with van der Waals surface area (Å²) in [6, 6.07) is 6.50. The normalized spacial score (nSPS) is 10.5. The van der Waals surface area contributed by atoms with E-state index in [0.717, 1.165) is 10.4 Å². The molecule has 2 aromatic rings. The molecule has 0 aliphatic carbocycles. The predicted octanol–water partition coefficient (Wildman–Crippen LogP) is 3.10. The minimum absolute atomic E-state index is 0.0703. The van der Waals surface area contributed by atoms with Crippen molar-refractivity contribution in [2.45, 2.75) is 6.92 Å². The van der Waals surface area contributed by atoms with Crippen molar-refractivity contribution in [2.24, 2.45) is 0 Å². The molecule has 0 radical (unpaired) electrons. The third kappa shape index (κ3) is 5.85. The average molecular weight is 362 g/mol. The molecule has 25 heavy (non-hydrogen) atoms. The number of nitrogens with one attached hydrogen (secondary N) is 2. The fraction of sp³-hybridized carbons (Fsp3) is 0.118. The molecule has 0 bridgehead atoms. The van der Waals surface area contributed by atoms with Crippen LogP contribution in [-0.4, -0.2) is 24.5 Å². The minimum Gasteiger partial charge on any atom is -0.452 e. The largest absolute Gasteiger partial charge is 0.452 e. The van der Waals surface area contributed by atoms with Gasteiger partial charge in [-0.05, 0) is 42.1 Å². The van der Waals surface area contributed by atoms with Gasteiger partial charge < -0.3 is 10.1 Å². The van der Waals surface area contributed by atoms with Gasteiger partial charge in [0.2, 0.25) is 0 Å². The number of hydrogen-bond acceptors (Lipinski definition) is 5. The number of thiophene rings is 1. The Labute approximate surface area is 147 Å². The Morgan fingerprint density at radius 3 is 2.68 bits per heavy atom. The highest BCUT2D eigenvalue weighted by molar-refractivity contribution is 7.11. The van der Waals surface area contributed by atoms with Crippen LogP contribution in [0, 0.1) is 12.7 Å². The molecular formula is C17H15FN2O4S. The molecule has 0 fully saturated rings. The Kier molecular flexibility index (Phi) is 6.41. The molecule has 0 unspecified atom stereocenters. The smallest absolute Gasteiger partial charge is 0.331 e. The van der Waals surface area contributed by atoms with Crippen molar-refractivity contribution in [1.29, 1.82) is 0 Å². The second-order valence-electron chi connectivity index (χ2n) is 4.89. The first-order valence-corrected chi connectivity index (χ1v) is 8.08. The van der Waals surface area contributed by atoms with E-state index in [1.54, 1.807) is 6.08 Å². The molecule has 0 atom stereocenters. The first kappa shape index (κ1) is 18.3. The Balaban J connectivity index is 1.75. The summed E-state index contributed by atoms with van der Waals surface area (Å²) < 4.78 is 18.1. The van der Waals surface area contributed by atoms with E-state index in [-0.39, 0.29) is 5.69 Å². The van der Waals surface area contributed by atoms with Crippen molar-refractivity contribution >= 4 is 41.0 Å². The molecule has 3 amide bonds. The fourth-order valence-corrected chi connectivity index (χ4v) is 2.58. The molecular weight excluding hydrogens is 347 g/mol. The number of imide groups is 1. The van der Waals surface area contributed by atoms with Gasteiger partial charge in [-0.25, -0.2) is 14.0 Å². The number of carbonyl (C=O) groups is 3. The van der Waals surface area contributed by atoms with Gasteiger partial charge in [0, 0.05) is 11.0 Å². The zero-order valence-electron chi connectivity index (χ0n) is 13.2. The molecule has 0 aliphatic heterocycles. The van der Waals surface area contributed by atoms with E-state index in [4.69, 9.17) is 4.74 Å². The van der Waals surface area contributed by atoms with Crippen molar-refractivity contribution in [3.8, 4) is 0 Å². The molecule has 2 rings (SSSR count). The Morgan fingerprint density at radius 1 is 1.24 bits per heavy atom. The molecule has 0 spiro atoms. The molecule has 8 heteroatoms. The highest BCUT2D eigenvalue weighted by Gasteiger charge is 2.11. The van der Waals surface area contributed by atoms with E-state index < -0.39 is 30.3 Å². The SMILES string of the molecule is Cc1ccsc1/C=C/C(=O)OCC(=O)NC(=O)Nc1ccccc1F. The fourth-order valence-electron chi connectivity index (χ4n) is 1.76. The third-order valence-corrected chi connectivity index (χ3v) is 3.98. The summed E-state index contributed by atoms with van der Waals surface area (Å²) in [4.78, 5) is 35.6. The van der Waals surface area contributed by atoms with Crippen molar-refractivity contribution < 1.29 is 23.5 Å². The van der Waals surface area contributed by atoms with Crippen molar-refractivity contribution in [3.05, 3.63) is 58.0 Å². The van der Waals surface area contributed by atoms with Gasteiger partial charge in [-0.3, -0.25) is 10.1 Å². The van der Waals surface area contributed by atoms with Gasteiger partial charge in [-0.2, -0.15) is 0 Å². The van der Waals surface area contributed by atoms with E-state index in [9.17, 15) is 18.8 Å². The van der Waals surface area contributed by atoms with Gasteiger partial charge in [0.1, 0.15) is 5.82 Å². The lowest BCUT2D eigenvalue weighted by atomic mass is 10.3. The maximum atomic E-state index is 13.4. The minimum atomic E-state index is -0.920. The van der Waals surface area contributed by atoms with Crippen molar-refractivity contribution in [2.75, 3.05) is 11.9 Å². The van der Waals surface area contributed by atoms with Crippen LogP contribution in [0.5, 0.6) is 0 Å². The number of amides is 3. The van der Waals surface area contributed by atoms with Gasteiger partial charge in [0.05, 0.1) is 5.69 Å². The quantitative estimate of drug-likeness (QED) is 0.632. The molecule has 1 aromatic carbocycles. The summed E-state index contributed by atoms with van der Waals surface area (Å²) in [6.45, 7) is 1.28. The number of benzene rings is 1. The summed E-state index contributed by atoms with van der Waals surface area (Å²) in [5.74, 6) is -2.18. The van der Waals surface area contributed by atoms with Crippen LogP contribution < -0.4 is 10.6 Å². The second-order valence-corrected chi connectivity index (χ2v) is 5.84. The lowest BCUT2D eigenvalue weighted by Gasteiger charge is -2.07. The number of halogens is 1. The van der Waals surface area contributed by atoms with E-state index in [2.05, 4.69) is 5.32 Å². The first-order valence-electron chi connectivity index (χ1n) is 7.20. The standard InChI is InChI=1S/C17H15FN2O4S/c1-11-8-9-25-14(11)6-7-16(22)24-10-15(21)20-17(23)19-13-5-3-2-4-12(13)18/h2-9H,10H2,1H3,(H2,19,20,21,23)/b7-6+. The molecule has 0 aliphatic rings. The number of para-hydroxylation sites is 1. The van der Waals surface area contributed by atoms with E-state index in [0.29, 0.717) is 0 Å². The monoisotopic (exact) mass is 362 g/mol. The number of rotatable bonds is 5. The Hall–Kier alpha value is -3.00. The van der Waals surface area contributed by atoms with Gasteiger partial charge >= 0.3 is 12.0 Å². The lowest BCUT2D eigenvalue weighted by Crippen LogP contribution is -2.37. The van der Waals surface area contributed by atoms with Crippen LogP contribution in [0.2, 0.25) is 0 Å². The van der Waals surface area contributed by atoms with E-state index >= 15 is 0 Å². The van der Waals surface area contributed by atoms with Gasteiger partial charge in [0.25, 0.3) is 5.91 Å². The number of ether oxygens (including phenoxy) is 1. The van der Waals surface area contributed by atoms with Crippen LogP contribution in [-0.2, 0) is 14.3 Å². The van der Waals surface area contributed by atoms with Gasteiger partial charge in [-0.1, -0.05) is 12.1 Å². The average Bonchev–Trinajstić information content (AvgIpc) is 2.98. The van der Waals surface area contributed by atoms with E-state index in [1.165, 1.54) is 41.7 Å². The zero-order valence-corrected chi connectivity index (χ0v) is 14.1. The molecule has 1 aromatic heterocycles. The summed E-state index contributed by atoms with van der Waals surface area (Å²) in [6.07, 6.45) is 2.79. The number of hydrogen-bond donors (Lipinski definition) is 2. The predicted molar refractivity (Wildman–Crippen MR) is 92.6 cm³/mol. The molecule has 0 saturated carbocycles. The van der Waals surface area contributed by atoms with Crippen LogP contribution in [0.4, 0.5) is 14.9 Å². The topological polar surface area (TPSA) is 84.5 Å². The molecule has 1 heterocycles. The highest BCUT2D eigenvalue weighted by Crippen LogP contribution is 2.17. The van der Waals surface area contributed by atoms with Crippen molar-refractivity contribution in [3.63, 3.8) is 0 Å². The summed E-state index contributed by atoms with van der Waals surface area (Å²) in [5.41, 5.74) is 0.954. The van der Waals surface area contributed by atoms with Crippen LogP contribution in [0.3, 0.4) is 0 Å². The number of anilines is 1. The van der Waals surface area contributed by atoms with E-state index in [1.807, 2.05) is 23.7 Å². The molecule has 0 saturated heterocycles. The van der Waals surface area contributed by atoms with Gasteiger partial charge in [0.15, 0.2) is 6.61 Å². The molecule has 2 N–H and O–H groups in total. The molecule has 6 nitrogen and oxygen atoms in total. The number of urea groups is 1. The number of carbonyl (C=O) groups excluding carboxylic acids is 3. The summed E-state index contributed by atoms with van der Waals surface area (Å²) >= 11 is 1.47. The first-order chi connectivity index (χ1) is 12.0.